The molecule has 2 aromatic carbocycles. The van der Waals surface area contributed by atoms with E-state index in [2.05, 4.69) is 5.32 Å². The van der Waals surface area contributed by atoms with E-state index in [0.29, 0.717) is 16.9 Å². The van der Waals surface area contributed by atoms with Crippen molar-refractivity contribution in [2.24, 2.45) is 0 Å². The molecule has 0 radical (unpaired) electrons. The van der Waals surface area contributed by atoms with Crippen LogP contribution >= 0.6 is 0 Å². The number of ether oxygens (including phenoxy) is 1. The number of anilines is 2. The average Bonchev–Trinajstić information content (AvgIpc) is 2.51. The standard InChI is InChI=1S/C18H20N2O3/c1-11-4-9-16(10-12(11)2)20-17(21)13(3)23-18(22)14-5-7-15(19)8-6-14/h4-10,13H,19H2,1-3H3,(H,20,21). The predicted molar refractivity (Wildman–Crippen MR) is 90.3 cm³/mol. The first kappa shape index (κ1) is 16.5. The zero-order valence-corrected chi connectivity index (χ0v) is 13.4. The molecule has 0 saturated carbocycles. The Morgan fingerprint density at radius 1 is 1.04 bits per heavy atom. The third-order valence-corrected chi connectivity index (χ3v) is 3.57. The highest BCUT2D eigenvalue weighted by atomic mass is 16.5. The summed E-state index contributed by atoms with van der Waals surface area (Å²) < 4.78 is 5.17. The van der Waals surface area contributed by atoms with Gasteiger partial charge < -0.3 is 15.8 Å². The lowest BCUT2D eigenvalue weighted by Crippen LogP contribution is -2.30. The minimum absolute atomic E-state index is 0.352. The summed E-state index contributed by atoms with van der Waals surface area (Å²) in [7, 11) is 0. The van der Waals surface area contributed by atoms with Crippen molar-refractivity contribution < 1.29 is 14.3 Å². The molecule has 1 amide bonds. The van der Waals surface area contributed by atoms with E-state index in [-0.39, 0.29) is 5.91 Å². The fraction of sp³-hybridized carbons (Fsp3) is 0.222. The van der Waals surface area contributed by atoms with E-state index in [1.54, 1.807) is 24.3 Å². The number of nitrogen functional groups attached to an aromatic ring is 1. The molecule has 0 fully saturated rings. The highest BCUT2D eigenvalue weighted by Crippen LogP contribution is 2.15. The Morgan fingerprint density at radius 2 is 1.70 bits per heavy atom. The summed E-state index contributed by atoms with van der Waals surface area (Å²) in [6.07, 6.45) is -0.901. The van der Waals surface area contributed by atoms with Gasteiger partial charge in [-0.2, -0.15) is 0 Å². The van der Waals surface area contributed by atoms with Gasteiger partial charge >= 0.3 is 5.97 Å². The van der Waals surface area contributed by atoms with Crippen molar-refractivity contribution in [3.8, 4) is 0 Å². The van der Waals surface area contributed by atoms with Crippen molar-refractivity contribution in [3.63, 3.8) is 0 Å². The third-order valence-electron chi connectivity index (χ3n) is 3.57. The maximum Gasteiger partial charge on any atom is 0.338 e. The predicted octanol–water partition coefficient (Wildman–Crippen LogP) is 3.07. The second kappa shape index (κ2) is 6.96. The topological polar surface area (TPSA) is 81.4 Å². The van der Waals surface area contributed by atoms with Crippen LogP contribution in [0.5, 0.6) is 0 Å². The van der Waals surface area contributed by atoms with Crippen LogP contribution in [0.3, 0.4) is 0 Å². The van der Waals surface area contributed by atoms with Gasteiger partial charge in [-0.1, -0.05) is 6.07 Å². The fourth-order valence-electron chi connectivity index (χ4n) is 1.96. The molecular formula is C18H20N2O3. The lowest BCUT2D eigenvalue weighted by atomic mass is 10.1. The van der Waals surface area contributed by atoms with E-state index in [0.717, 1.165) is 11.1 Å². The van der Waals surface area contributed by atoms with Gasteiger partial charge in [0.25, 0.3) is 5.91 Å². The van der Waals surface area contributed by atoms with Gasteiger partial charge in [-0.05, 0) is 68.3 Å². The van der Waals surface area contributed by atoms with Crippen LogP contribution in [0.15, 0.2) is 42.5 Å². The average molecular weight is 312 g/mol. The zero-order valence-electron chi connectivity index (χ0n) is 13.4. The van der Waals surface area contributed by atoms with Crippen LogP contribution in [-0.4, -0.2) is 18.0 Å². The van der Waals surface area contributed by atoms with Crippen molar-refractivity contribution in [1.29, 1.82) is 0 Å². The van der Waals surface area contributed by atoms with Crippen LogP contribution in [-0.2, 0) is 9.53 Å². The van der Waals surface area contributed by atoms with Gasteiger partial charge in [0.15, 0.2) is 6.10 Å². The number of benzene rings is 2. The van der Waals surface area contributed by atoms with E-state index < -0.39 is 12.1 Å². The minimum Gasteiger partial charge on any atom is -0.449 e. The largest absolute Gasteiger partial charge is 0.449 e. The molecule has 0 saturated heterocycles. The Kier molecular flexibility index (Phi) is 5.01. The maximum atomic E-state index is 12.1. The molecule has 1 atom stereocenters. The first-order valence-electron chi connectivity index (χ1n) is 7.31. The van der Waals surface area contributed by atoms with Crippen LogP contribution in [0.2, 0.25) is 0 Å². The lowest BCUT2D eigenvalue weighted by molar-refractivity contribution is -0.123. The molecule has 0 aromatic heterocycles. The molecule has 0 heterocycles. The molecule has 2 aromatic rings. The summed E-state index contributed by atoms with van der Waals surface area (Å²) >= 11 is 0. The van der Waals surface area contributed by atoms with Crippen molar-refractivity contribution in [2.75, 3.05) is 11.1 Å². The first-order chi connectivity index (χ1) is 10.9. The third kappa shape index (κ3) is 4.32. The van der Waals surface area contributed by atoms with Crippen molar-refractivity contribution in [2.45, 2.75) is 26.9 Å². The Hall–Kier alpha value is -2.82. The Morgan fingerprint density at radius 3 is 2.30 bits per heavy atom. The van der Waals surface area contributed by atoms with E-state index in [9.17, 15) is 9.59 Å². The summed E-state index contributed by atoms with van der Waals surface area (Å²) in [6.45, 7) is 5.50. The summed E-state index contributed by atoms with van der Waals surface area (Å²) in [5, 5.41) is 2.74. The molecule has 120 valence electrons. The van der Waals surface area contributed by atoms with E-state index in [4.69, 9.17) is 10.5 Å². The lowest BCUT2D eigenvalue weighted by Gasteiger charge is -2.14. The SMILES string of the molecule is Cc1ccc(NC(=O)C(C)OC(=O)c2ccc(N)cc2)cc1C. The summed E-state index contributed by atoms with van der Waals surface area (Å²) in [5.74, 6) is -0.940. The summed E-state index contributed by atoms with van der Waals surface area (Å²) in [4.78, 5) is 24.1. The van der Waals surface area contributed by atoms with Gasteiger partial charge in [-0.3, -0.25) is 4.79 Å². The van der Waals surface area contributed by atoms with Crippen molar-refractivity contribution in [3.05, 3.63) is 59.2 Å². The van der Waals surface area contributed by atoms with Gasteiger partial charge in [0.05, 0.1) is 5.56 Å². The van der Waals surface area contributed by atoms with Crippen LogP contribution in [0, 0.1) is 13.8 Å². The molecule has 5 nitrogen and oxygen atoms in total. The molecule has 3 N–H and O–H groups in total. The Balaban J connectivity index is 1.97. The maximum absolute atomic E-state index is 12.1. The van der Waals surface area contributed by atoms with E-state index in [1.165, 1.54) is 6.92 Å². The molecule has 0 spiro atoms. The molecule has 2 rings (SSSR count). The number of hydrogen-bond acceptors (Lipinski definition) is 4. The summed E-state index contributed by atoms with van der Waals surface area (Å²) in [6, 6.07) is 12.0. The van der Waals surface area contributed by atoms with Crippen LogP contribution in [0.25, 0.3) is 0 Å². The van der Waals surface area contributed by atoms with Gasteiger partial charge in [0.1, 0.15) is 0 Å². The highest BCUT2D eigenvalue weighted by Gasteiger charge is 2.19. The Labute approximate surface area is 135 Å². The fourth-order valence-corrected chi connectivity index (χ4v) is 1.96. The van der Waals surface area contributed by atoms with Crippen LogP contribution in [0.1, 0.15) is 28.4 Å². The number of nitrogens with one attached hydrogen (secondary N) is 1. The van der Waals surface area contributed by atoms with Crippen molar-refractivity contribution in [1.82, 2.24) is 0 Å². The molecule has 0 aliphatic carbocycles. The number of carbonyl (C=O) groups is 2. The van der Waals surface area contributed by atoms with Crippen LogP contribution < -0.4 is 11.1 Å². The Bertz CT molecular complexity index is 724. The highest BCUT2D eigenvalue weighted by molar-refractivity contribution is 5.97. The van der Waals surface area contributed by atoms with Gasteiger partial charge in [-0.25, -0.2) is 4.79 Å². The van der Waals surface area contributed by atoms with Crippen molar-refractivity contribution >= 4 is 23.3 Å². The van der Waals surface area contributed by atoms with Gasteiger partial charge in [0, 0.05) is 11.4 Å². The molecular weight excluding hydrogens is 292 g/mol. The smallest absolute Gasteiger partial charge is 0.338 e. The molecule has 23 heavy (non-hydrogen) atoms. The normalized spacial score (nSPS) is 11.6. The molecule has 5 heteroatoms. The van der Waals surface area contributed by atoms with Gasteiger partial charge in [-0.15, -0.1) is 0 Å². The number of hydrogen-bond donors (Lipinski definition) is 2. The minimum atomic E-state index is -0.901. The summed E-state index contributed by atoms with van der Waals surface area (Å²) in [5.41, 5.74) is 9.38. The second-order valence-electron chi connectivity index (χ2n) is 5.46. The number of amides is 1. The molecule has 1 unspecified atom stereocenters. The number of esters is 1. The molecule has 0 bridgehead atoms. The first-order valence-corrected chi connectivity index (χ1v) is 7.31. The second-order valence-corrected chi connectivity index (χ2v) is 5.46. The quantitative estimate of drug-likeness (QED) is 0.671. The van der Waals surface area contributed by atoms with E-state index >= 15 is 0 Å². The van der Waals surface area contributed by atoms with E-state index in [1.807, 2.05) is 32.0 Å². The molecule has 0 aliphatic rings. The number of aryl methyl sites for hydroxylation is 2. The number of carbonyl (C=O) groups excluding carboxylic acids is 2. The monoisotopic (exact) mass is 312 g/mol. The number of rotatable bonds is 4. The molecule has 0 aliphatic heterocycles. The number of nitrogens with two attached hydrogens (primary N) is 1. The van der Waals surface area contributed by atoms with Gasteiger partial charge in [0.2, 0.25) is 0 Å². The zero-order chi connectivity index (χ0) is 17.0. The van der Waals surface area contributed by atoms with Crippen LogP contribution in [0.4, 0.5) is 11.4 Å².